The molecule has 8 heteroatoms. The normalized spacial score (nSPS) is 27.5. The first-order chi connectivity index (χ1) is 9.89. The van der Waals surface area contributed by atoms with Crippen molar-refractivity contribution in [3.05, 3.63) is 0 Å². The minimum atomic E-state index is -2.97. The number of rotatable bonds is 4. The van der Waals surface area contributed by atoms with E-state index < -0.39 is 9.84 Å². The molecule has 0 aliphatic carbocycles. The summed E-state index contributed by atoms with van der Waals surface area (Å²) in [6, 6.07) is -0.421. The van der Waals surface area contributed by atoms with Crippen molar-refractivity contribution in [1.29, 1.82) is 0 Å². The Labute approximate surface area is 126 Å². The fourth-order valence-corrected chi connectivity index (χ4v) is 4.41. The molecule has 2 amide bonds. The Bertz CT molecular complexity index is 460. The molecule has 2 saturated heterocycles. The van der Waals surface area contributed by atoms with Gasteiger partial charge < -0.3 is 15.3 Å². The smallest absolute Gasteiger partial charge is 0.317 e. The number of aliphatic hydroxyl groups excluding tert-OH is 1. The molecule has 21 heavy (non-hydrogen) atoms. The number of aliphatic hydroxyl groups is 1. The molecule has 0 bridgehead atoms. The van der Waals surface area contributed by atoms with Crippen LogP contribution in [0.3, 0.4) is 0 Å². The Balaban J connectivity index is 1.73. The standard InChI is InChI=1S/C13H25N3O4S/c1-2-12(17)9-15-4-6-16(7-5-15)13(18)14-11-3-8-21(19,20)10-11/h11-12,17H,2-10H2,1H3,(H,14,18). The number of carbonyl (C=O) groups is 1. The predicted octanol–water partition coefficient (Wildman–Crippen LogP) is -0.728. The highest BCUT2D eigenvalue weighted by molar-refractivity contribution is 7.91. The van der Waals surface area contributed by atoms with E-state index in [0.717, 1.165) is 19.5 Å². The molecule has 2 aliphatic rings. The number of urea groups is 1. The highest BCUT2D eigenvalue weighted by Gasteiger charge is 2.31. The lowest BCUT2D eigenvalue weighted by molar-refractivity contribution is 0.0788. The van der Waals surface area contributed by atoms with Crippen molar-refractivity contribution < 1.29 is 18.3 Å². The number of nitrogens with zero attached hydrogens (tertiary/aromatic N) is 2. The molecule has 0 saturated carbocycles. The van der Waals surface area contributed by atoms with Crippen molar-refractivity contribution in [3.8, 4) is 0 Å². The van der Waals surface area contributed by atoms with Gasteiger partial charge >= 0.3 is 6.03 Å². The third-order valence-electron chi connectivity index (χ3n) is 4.16. The van der Waals surface area contributed by atoms with E-state index in [-0.39, 0.29) is 29.7 Å². The van der Waals surface area contributed by atoms with Gasteiger partial charge in [-0.05, 0) is 12.8 Å². The number of sulfone groups is 1. The summed E-state index contributed by atoms with van der Waals surface area (Å²) in [6.45, 7) is 5.31. The Morgan fingerprint density at radius 3 is 2.52 bits per heavy atom. The van der Waals surface area contributed by atoms with Crippen LogP contribution in [0.2, 0.25) is 0 Å². The molecule has 2 aliphatic heterocycles. The van der Waals surface area contributed by atoms with Gasteiger partial charge in [0, 0.05) is 38.8 Å². The van der Waals surface area contributed by atoms with Gasteiger partial charge in [-0.25, -0.2) is 13.2 Å². The molecule has 2 fully saturated rings. The van der Waals surface area contributed by atoms with Crippen LogP contribution in [0.15, 0.2) is 0 Å². The number of amides is 2. The summed E-state index contributed by atoms with van der Waals surface area (Å²) in [5.74, 6) is 0.224. The van der Waals surface area contributed by atoms with Gasteiger partial charge in [0.1, 0.15) is 0 Å². The van der Waals surface area contributed by atoms with Crippen LogP contribution in [-0.2, 0) is 9.84 Å². The summed E-state index contributed by atoms with van der Waals surface area (Å²) in [5.41, 5.74) is 0. The molecule has 2 unspecified atom stereocenters. The van der Waals surface area contributed by atoms with Gasteiger partial charge in [0.15, 0.2) is 9.84 Å². The second-order valence-corrected chi connectivity index (χ2v) is 8.13. The summed E-state index contributed by atoms with van der Waals surface area (Å²) >= 11 is 0. The Hall–Kier alpha value is -0.860. The van der Waals surface area contributed by atoms with E-state index in [1.165, 1.54) is 0 Å². The second-order valence-electron chi connectivity index (χ2n) is 5.90. The van der Waals surface area contributed by atoms with E-state index in [1.54, 1.807) is 4.90 Å². The zero-order chi connectivity index (χ0) is 15.5. The van der Waals surface area contributed by atoms with Crippen LogP contribution in [0, 0.1) is 0 Å². The zero-order valence-electron chi connectivity index (χ0n) is 12.5. The van der Waals surface area contributed by atoms with Crippen LogP contribution in [0.25, 0.3) is 0 Å². The first kappa shape index (κ1) is 16.5. The molecule has 0 aromatic heterocycles. The molecule has 0 aromatic carbocycles. The molecule has 2 N–H and O–H groups in total. The number of hydrogen-bond donors (Lipinski definition) is 2. The average Bonchev–Trinajstić information content (AvgIpc) is 2.78. The molecule has 7 nitrogen and oxygen atoms in total. The van der Waals surface area contributed by atoms with Crippen LogP contribution in [-0.4, -0.2) is 85.7 Å². The van der Waals surface area contributed by atoms with E-state index >= 15 is 0 Å². The SMILES string of the molecule is CCC(O)CN1CCN(C(=O)NC2CCS(=O)(=O)C2)CC1. The lowest BCUT2D eigenvalue weighted by atomic mass is 10.2. The van der Waals surface area contributed by atoms with E-state index in [9.17, 15) is 18.3 Å². The van der Waals surface area contributed by atoms with Gasteiger partial charge in [0.25, 0.3) is 0 Å². The van der Waals surface area contributed by atoms with Crippen molar-refractivity contribution in [1.82, 2.24) is 15.1 Å². The van der Waals surface area contributed by atoms with Crippen molar-refractivity contribution in [2.75, 3.05) is 44.2 Å². The third-order valence-corrected chi connectivity index (χ3v) is 5.93. The molecular formula is C13H25N3O4S. The maximum atomic E-state index is 12.1. The summed E-state index contributed by atoms with van der Waals surface area (Å²) in [6.07, 6.45) is 0.933. The lowest BCUT2D eigenvalue weighted by Crippen LogP contribution is -2.54. The maximum Gasteiger partial charge on any atom is 0.317 e. The molecule has 2 heterocycles. The summed E-state index contributed by atoms with van der Waals surface area (Å²) < 4.78 is 22.8. The minimum absolute atomic E-state index is 0.0569. The Kier molecular flexibility index (Phi) is 5.45. The van der Waals surface area contributed by atoms with E-state index in [4.69, 9.17) is 0 Å². The van der Waals surface area contributed by atoms with Gasteiger partial charge in [-0.15, -0.1) is 0 Å². The monoisotopic (exact) mass is 319 g/mol. The van der Waals surface area contributed by atoms with E-state index in [2.05, 4.69) is 10.2 Å². The predicted molar refractivity (Wildman–Crippen MR) is 79.9 cm³/mol. The number of piperazine rings is 1. The summed E-state index contributed by atoms with van der Waals surface area (Å²) in [7, 11) is -2.97. The molecule has 0 spiro atoms. The topological polar surface area (TPSA) is 89.9 Å². The van der Waals surface area contributed by atoms with Gasteiger partial charge in [-0.3, -0.25) is 4.90 Å². The zero-order valence-corrected chi connectivity index (χ0v) is 13.3. The molecule has 2 atom stereocenters. The third kappa shape index (κ3) is 4.82. The highest BCUT2D eigenvalue weighted by atomic mass is 32.2. The first-order valence-electron chi connectivity index (χ1n) is 7.56. The second kappa shape index (κ2) is 6.93. The van der Waals surface area contributed by atoms with Gasteiger partial charge in [0.2, 0.25) is 0 Å². The van der Waals surface area contributed by atoms with Crippen LogP contribution < -0.4 is 5.32 Å². The summed E-state index contributed by atoms with van der Waals surface area (Å²) in [5, 5.41) is 12.4. The molecule has 2 rings (SSSR count). The Morgan fingerprint density at radius 1 is 1.33 bits per heavy atom. The van der Waals surface area contributed by atoms with Crippen LogP contribution in [0.1, 0.15) is 19.8 Å². The minimum Gasteiger partial charge on any atom is -0.392 e. The van der Waals surface area contributed by atoms with Crippen molar-refractivity contribution in [2.24, 2.45) is 0 Å². The number of carbonyl (C=O) groups excluding carboxylic acids is 1. The fraction of sp³-hybridized carbons (Fsp3) is 0.923. The van der Waals surface area contributed by atoms with Gasteiger partial charge in [-0.1, -0.05) is 6.92 Å². The molecule has 0 radical (unpaired) electrons. The van der Waals surface area contributed by atoms with Crippen LogP contribution in [0.4, 0.5) is 4.79 Å². The quantitative estimate of drug-likeness (QED) is 0.713. The molecule has 122 valence electrons. The van der Waals surface area contributed by atoms with Gasteiger partial charge in [-0.2, -0.15) is 0 Å². The Morgan fingerprint density at radius 2 is 2.00 bits per heavy atom. The fourth-order valence-electron chi connectivity index (χ4n) is 2.74. The molecule has 0 aromatic rings. The maximum absolute atomic E-state index is 12.1. The molecular weight excluding hydrogens is 294 g/mol. The highest BCUT2D eigenvalue weighted by Crippen LogP contribution is 2.12. The largest absolute Gasteiger partial charge is 0.392 e. The number of hydrogen-bond acceptors (Lipinski definition) is 5. The average molecular weight is 319 g/mol. The van der Waals surface area contributed by atoms with Gasteiger partial charge in [0.05, 0.1) is 17.6 Å². The van der Waals surface area contributed by atoms with Crippen molar-refractivity contribution in [3.63, 3.8) is 0 Å². The van der Waals surface area contributed by atoms with Crippen molar-refractivity contribution in [2.45, 2.75) is 31.9 Å². The van der Waals surface area contributed by atoms with Crippen molar-refractivity contribution >= 4 is 15.9 Å². The first-order valence-corrected chi connectivity index (χ1v) is 9.38. The van der Waals surface area contributed by atoms with Crippen LogP contribution >= 0.6 is 0 Å². The summed E-state index contributed by atoms with van der Waals surface area (Å²) in [4.78, 5) is 16.0. The van der Waals surface area contributed by atoms with E-state index in [0.29, 0.717) is 26.1 Å². The van der Waals surface area contributed by atoms with E-state index in [1.807, 2.05) is 6.92 Å². The number of β-amino-alcohol motifs (C(OH)–C–C–N with tert-alkyl or cyclic N) is 1. The lowest BCUT2D eigenvalue weighted by Gasteiger charge is -2.35. The van der Waals surface area contributed by atoms with Crippen LogP contribution in [0.5, 0.6) is 0 Å². The number of nitrogens with one attached hydrogen (secondary N) is 1.